The second kappa shape index (κ2) is 7.41. The molecule has 20 heavy (non-hydrogen) atoms. The Balaban J connectivity index is 2.64. The van der Waals surface area contributed by atoms with E-state index in [4.69, 9.17) is 5.11 Å². The monoisotopic (exact) mass is 321 g/mol. The predicted molar refractivity (Wildman–Crippen MR) is 74.3 cm³/mol. The van der Waals surface area contributed by atoms with Gasteiger partial charge in [-0.15, -0.1) is 0 Å². The summed E-state index contributed by atoms with van der Waals surface area (Å²) in [5.41, 5.74) is -0.441. The van der Waals surface area contributed by atoms with Crippen LogP contribution in [0.4, 0.5) is 0 Å². The van der Waals surface area contributed by atoms with E-state index in [9.17, 15) is 18.0 Å². The fourth-order valence-electron chi connectivity index (χ4n) is 1.33. The Morgan fingerprint density at radius 3 is 2.85 bits per heavy atom. The van der Waals surface area contributed by atoms with Gasteiger partial charge in [-0.05, 0) is 6.42 Å². The van der Waals surface area contributed by atoms with Gasteiger partial charge in [0.1, 0.15) is 0 Å². The molecule has 0 aromatic carbocycles. The van der Waals surface area contributed by atoms with Crippen LogP contribution in [0.1, 0.15) is 6.42 Å². The lowest BCUT2D eigenvalue weighted by Gasteiger charge is -2.10. The fourth-order valence-corrected chi connectivity index (χ4v) is 2.57. The van der Waals surface area contributed by atoms with Crippen LogP contribution in [-0.4, -0.2) is 47.6 Å². The van der Waals surface area contributed by atoms with E-state index in [1.807, 2.05) is 0 Å². The molecule has 0 bridgehead atoms. The van der Waals surface area contributed by atoms with Crippen LogP contribution < -0.4 is 10.3 Å². The maximum atomic E-state index is 11.2. The van der Waals surface area contributed by atoms with Gasteiger partial charge in [0.2, 0.25) is 10.0 Å². The van der Waals surface area contributed by atoms with E-state index < -0.39 is 21.6 Å². The summed E-state index contributed by atoms with van der Waals surface area (Å²) in [5, 5.41) is 8.93. The zero-order chi connectivity index (χ0) is 15.2. The van der Waals surface area contributed by atoms with Crippen molar-refractivity contribution in [3.63, 3.8) is 0 Å². The van der Waals surface area contributed by atoms with Crippen LogP contribution in [-0.2, 0) is 21.4 Å². The first-order chi connectivity index (χ1) is 9.28. The molecule has 0 saturated heterocycles. The van der Waals surface area contributed by atoms with Crippen molar-refractivity contribution in [2.45, 2.75) is 18.1 Å². The number of carboxylic acid groups (broad SMARTS) is 1. The number of carboxylic acids is 1. The number of aryl methyl sites for hydroxylation is 1. The highest BCUT2D eigenvalue weighted by molar-refractivity contribution is 7.99. The number of rotatable bonds is 8. The molecule has 0 aliphatic rings. The number of aromatic nitrogens is 2. The molecular weight excluding hydrogens is 306 g/mol. The normalized spacial score (nSPS) is 11.4. The van der Waals surface area contributed by atoms with Crippen molar-refractivity contribution in [3.05, 3.63) is 22.6 Å². The molecule has 0 radical (unpaired) electrons. The van der Waals surface area contributed by atoms with E-state index in [2.05, 4.69) is 9.71 Å². The molecule has 2 N–H and O–H groups in total. The van der Waals surface area contributed by atoms with E-state index >= 15 is 0 Å². The van der Waals surface area contributed by atoms with Crippen molar-refractivity contribution in [2.24, 2.45) is 0 Å². The number of nitrogens with zero attached hydrogens (tertiary/aromatic N) is 2. The Morgan fingerprint density at radius 2 is 2.25 bits per heavy atom. The van der Waals surface area contributed by atoms with Crippen molar-refractivity contribution in [1.82, 2.24) is 14.3 Å². The van der Waals surface area contributed by atoms with Crippen LogP contribution in [0, 0.1) is 0 Å². The van der Waals surface area contributed by atoms with Gasteiger partial charge >= 0.3 is 5.97 Å². The molecule has 1 aromatic rings. The van der Waals surface area contributed by atoms with Gasteiger partial charge in [0.15, 0.2) is 5.16 Å². The highest BCUT2D eigenvalue weighted by atomic mass is 32.2. The van der Waals surface area contributed by atoms with Crippen molar-refractivity contribution in [3.8, 4) is 0 Å². The largest absolute Gasteiger partial charge is 0.481 e. The van der Waals surface area contributed by atoms with Crippen molar-refractivity contribution in [1.29, 1.82) is 0 Å². The smallest absolute Gasteiger partial charge is 0.313 e. The third-order valence-corrected chi connectivity index (χ3v) is 3.82. The van der Waals surface area contributed by atoms with Crippen molar-refractivity contribution < 1.29 is 18.3 Å². The number of hydrogen-bond acceptors (Lipinski definition) is 6. The van der Waals surface area contributed by atoms with Gasteiger partial charge in [-0.3, -0.25) is 9.59 Å². The lowest BCUT2D eigenvalue weighted by Crippen LogP contribution is -2.24. The average Bonchev–Trinajstić information content (AvgIpc) is 2.32. The van der Waals surface area contributed by atoms with Crippen LogP contribution in [0.15, 0.2) is 22.2 Å². The minimum Gasteiger partial charge on any atom is -0.481 e. The Kier molecular flexibility index (Phi) is 6.17. The fraction of sp³-hybridized carbons (Fsp3) is 0.500. The number of sulfonamides is 1. The van der Waals surface area contributed by atoms with E-state index in [-0.39, 0.29) is 12.3 Å². The maximum Gasteiger partial charge on any atom is 0.313 e. The van der Waals surface area contributed by atoms with Gasteiger partial charge in [0.05, 0.1) is 12.0 Å². The SMILES string of the molecule is CS(=O)(=O)NCCCn1ccc(=O)nc1SCC(=O)O. The Hall–Kier alpha value is -1.39. The van der Waals surface area contributed by atoms with Gasteiger partial charge < -0.3 is 9.67 Å². The first kappa shape index (κ1) is 16.7. The molecule has 0 atom stereocenters. The summed E-state index contributed by atoms with van der Waals surface area (Å²) in [6.07, 6.45) is 3.08. The first-order valence-corrected chi connectivity index (χ1v) is 8.52. The summed E-state index contributed by atoms with van der Waals surface area (Å²) < 4.78 is 25.8. The second-order valence-corrected chi connectivity index (χ2v) is 6.72. The van der Waals surface area contributed by atoms with Crippen LogP contribution in [0.2, 0.25) is 0 Å². The molecule has 1 rings (SSSR count). The lowest BCUT2D eigenvalue weighted by atomic mass is 10.4. The molecule has 1 heterocycles. The molecule has 0 aliphatic heterocycles. The number of carbonyl (C=O) groups is 1. The summed E-state index contributed by atoms with van der Waals surface area (Å²) in [5.74, 6) is -1.20. The van der Waals surface area contributed by atoms with E-state index in [0.717, 1.165) is 18.0 Å². The minimum absolute atomic E-state index is 0.196. The van der Waals surface area contributed by atoms with Crippen LogP contribution in [0.5, 0.6) is 0 Å². The molecule has 8 nitrogen and oxygen atoms in total. The van der Waals surface area contributed by atoms with Gasteiger partial charge in [0.25, 0.3) is 5.56 Å². The minimum atomic E-state index is -3.22. The quantitative estimate of drug-likeness (QED) is 0.371. The number of nitrogens with one attached hydrogen (secondary N) is 1. The second-order valence-electron chi connectivity index (χ2n) is 3.94. The van der Waals surface area contributed by atoms with Crippen molar-refractivity contribution in [2.75, 3.05) is 18.6 Å². The average molecular weight is 321 g/mol. The molecular formula is C10H15N3O5S2. The zero-order valence-electron chi connectivity index (χ0n) is 10.8. The Labute approximate surface area is 120 Å². The highest BCUT2D eigenvalue weighted by Gasteiger charge is 2.07. The zero-order valence-corrected chi connectivity index (χ0v) is 12.4. The molecule has 0 amide bonds. The Bertz CT molecular complexity index is 626. The van der Waals surface area contributed by atoms with Gasteiger partial charge in [-0.1, -0.05) is 11.8 Å². The molecule has 10 heteroatoms. The molecule has 0 saturated carbocycles. The molecule has 0 aliphatic carbocycles. The summed E-state index contributed by atoms with van der Waals surface area (Å²) in [4.78, 5) is 25.4. The number of aliphatic carboxylic acids is 1. The van der Waals surface area contributed by atoms with Gasteiger partial charge in [-0.2, -0.15) is 4.98 Å². The molecule has 0 fully saturated rings. The third-order valence-electron chi connectivity index (χ3n) is 2.11. The molecule has 0 unspecified atom stereocenters. The van der Waals surface area contributed by atoms with Crippen molar-refractivity contribution >= 4 is 27.8 Å². The maximum absolute atomic E-state index is 11.2. The number of hydrogen-bond donors (Lipinski definition) is 2. The van der Waals surface area contributed by atoms with Crippen LogP contribution in [0.3, 0.4) is 0 Å². The Morgan fingerprint density at radius 1 is 1.55 bits per heavy atom. The summed E-state index contributed by atoms with van der Waals surface area (Å²) in [6.45, 7) is 0.686. The number of thioether (sulfide) groups is 1. The molecule has 1 aromatic heterocycles. The van der Waals surface area contributed by atoms with Gasteiger partial charge in [0, 0.05) is 25.4 Å². The third kappa shape index (κ3) is 6.68. The van der Waals surface area contributed by atoms with E-state index in [0.29, 0.717) is 18.1 Å². The topological polar surface area (TPSA) is 118 Å². The molecule has 112 valence electrons. The van der Waals surface area contributed by atoms with E-state index in [1.165, 1.54) is 12.3 Å². The predicted octanol–water partition coefficient (Wildman–Crippen LogP) is -0.641. The van der Waals surface area contributed by atoms with E-state index in [1.54, 1.807) is 4.57 Å². The summed E-state index contributed by atoms with van der Waals surface area (Å²) in [6, 6.07) is 1.27. The van der Waals surface area contributed by atoms with Crippen LogP contribution in [0.25, 0.3) is 0 Å². The lowest BCUT2D eigenvalue weighted by molar-refractivity contribution is -0.133. The standard InChI is InChI=1S/C10H15N3O5S2/c1-20(17,18)11-4-2-5-13-6-3-8(14)12-10(13)19-7-9(15)16/h3,6,11H,2,4-5,7H2,1H3,(H,15,16). The first-order valence-electron chi connectivity index (χ1n) is 5.64. The van der Waals surface area contributed by atoms with Gasteiger partial charge in [-0.25, -0.2) is 13.1 Å². The van der Waals surface area contributed by atoms with Crippen LogP contribution >= 0.6 is 11.8 Å². The highest BCUT2D eigenvalue weighted by Crippen LogP contribution is 2.13. The summed E-state index contributed by atoms with van der Waals surface area (Å²) >= 11 is 0.947. The molecule has 0 spiro atoms. The summed E-state index contributed by atoms with van der Waals surface area (Å²) in [7, 11) is -3.22.